The van der Waals surface area contributed by atoms with E-state index in [1.165, 1.54) is 44.3 Å². The summed E-state index contributed by atoms with van der Waals surface area (Å²) in [6.45, 7) is 8.38. The maximum Gasteiger partial charge on any atom is 0.224 e. The molecule has 1 aliphatic heterocycles. The van der Waals surface area contributed by atoms with Gasteiger partial charge in [-0.15, -0.1) is 0 Å². The minimum atomic E-state index is 0.0401. The van der Waals surface area contributed by atoms with E-state index < -0.39 is 0 Å². The lowest BCUT2D eigenvalue weighted by atomic mass is 10.1. The molecule has 1 N–H and O–H groups in total. The van der Waals surface area contributed by atoms with E-state index in [2.05, 4.69) is 27.8 Å². The zero-order valence-electron chi connectivity index (χ0n) is 15.6. The number of piperidine rings is 1. The molecule has 0 unspecified atom stereocenters. The summed E-state index contributed by atoms with van der Waals surface area (Å²) in [5.74, 6) is 1.20. The highest BCUT2D eigenvalue weighted by molar-refractivity contribution is 5.92. The van der Waals surface area contributed by atoms with Gasteiger partial charge in [0.15, 0.2) is 0 Å². The van der Waals surface area contributed by atoms with Crippen LogP contribution in [0.1, 0.15) is 58.2 Å². The molecule has 1 fully saturated rings. The van der Waals surface area contributed by atoms with E-state index in [9.17, 15) is 4.79 Å². The largest absolute Gasteiger partial charge is 0.327 e. The molecule has 1 aromatic carbocycles. The summed E-state index contributed by atoms with van der Waals surface area (Å²) in [6.07, 6.45) is 6.76. The van der Waals surface area contributed by atoms with Gasteiger partial charge in [0.05, 0.1) is 17.6 Å². The quantitative estimate of drug-likeness (QED) is 0.821. The highest BCUT2D eigenvalue weighted by Crippen LogP contribution is 2.23. The summed E-state index contributed by atoms with van der Waals surface area (Å²) in [7, 11) is 0. The van der Waals surface area contributed by atoms with Gasteiger partial charge in [0.1, 0.15) is 5.82 Å². The number of rotatable bonds is 7. The Labute approximate surface area is 150 Å². The Kier molecular flexibility index (Phi) is 6.08. The van der Waals surface area contributed by atoms with Gasteiger partial charge in [-0.3, -0.25) is 9.69 Å². The van der Waals surface area contributed by atoms with Crippen LogP contribution in [-0.4, -0.2) is 33.4 Å². The number of imidazole rings is 1. The number of hydrogen-bond acceptors (Lipinski definition) is 3. The van der Waals surface area contributed by atoms with Gasteiger partial charge in [0, 0.05) is 18.7 Å². The number of nitrogens with zero attached hydrogens (tertiary/aromatic N) is 3. The van der Waals surface area contributed by atoms with Gasteiger partial charge in [-0.25, -0.2) is 4.98 Å². The van der Waals surface area contributed by atoms with Gasteiger partial charge in [-0.1, -0.05) is 26.7 Å². The first kappa shape index (κ1) is 17.9. The topological polar surface area (TPSA) is 50.2 Å². The minimum absolute atomic E-state index is 0.0401. The molecule has 25 heavy (non-hydrogen) atoms. The molecule has 2 aromatic rings. The third-order valence-corrected chi connectivity index (χ3v) is 4.98. The number of benzene rings is 1. The Bertz CT molecular complexity index is 716. The van der Waals surface area contributed by atoms with Crippen LogP contribution in [0.25, 0.3) is 11.0 Å². The van der Waals surface area contributed by atoms with Gasteiger partial charge in [0.2, 0.25) is 5.91 Å². The second kappa shape index (κ2) is 8.48. The van der Waals surface area contributed by atoms with Crippen molar-refractivity contribution in [2.75, 3.05) is 18.4 Å². The van der Waals surface area contributed by atoms with Gasteiger partial charge < -0.3 is 9.88 Å². The lowest BCUT2D eigenvalue weighted by Gasteiger charge is -2.26. The first-order chi connectivity index (χ1) is 12.2. The number of aryl methyl sites for hydroxylation is 1. The van der Waals surface area contributed by atoms with E-state index in [-0.39, 0.29) is 5.91 Å². The Morgan fingerprint density at radius 1 is 1.20 bits per heavy atom. The third-order valence-electron chi connectivity index (χ3n) is 4.98. The van der Waals surface area contributed by atoms with Crippen LogP contribution in [0.5, 0.6) is 0 Å². The SMILES string of the molecule is CCCCn1c(CN2CCCCC2)nc2cc(NC(=O)CC)ccc21. The van der Waals surface area contributed by atoms with Gasteiger partial charge in [-0.05, 0) is 50.6 Å². The number of anilines is 1. The van der Waals surface area contributed by atoms with Crippen LogP contribution in [0.4, 0.5) is 5.69 Å². The zero-order valence-corrected chi connectivity index (χ0v) is 15.6. The van der Waals surface area contributed by atoms with Gasteiger partial charge in [0.25, 0.3) is 0 Å². The van der Waals surface area contributed by atoms with E-state index in [4.69, 9.17) is 4.98 Å². The number of nitrogens with one attached hydrogen (secondary N) is 1. The number of amides is 1. The number of hydrogen-bond donors (Lipinski definition) is 1. The number of carbonyl (C=O) groups is 1. The molecule has 1 amide bonds. The van der Waals surface area contributed by atoms with Crippen molar-refractivity contribution in [3.63, 3.8) is 0 Å². The van der Waals surface area contributed by atoms with Crippen molar-refractivity contribution in [2.24, 2.45) is 0 Å². The van der Waals surface area contributed by atoms with Crippen molar-refractivity contribution in [3.05, 3.63) is 24.0 Å². The number of aromatic nitrogens is 2. The van der Waals surface area contributed by atoms with E-state index in [1.807, 2.05) is 19.1 Å². The minimum Gasteiger partial charge on any atom is -0.327 e. The van der Waals surface area contributed by atoms with E-state index in [0.29, 0.717) is 6.42 Å². The van der Waals surface area contributed by atoms with Crippen molar-refractivity contribution in [1.82, 2.24) is 14.5 Å². The molecule has 0 radical (unpaired) electrons. The van der Waals surface area contributed by atoms with Crippen LogP contribution >= 0.6 is 0 Å². The molecule has 0 aliphatic carbocycles. The van der Waals surface area contributed by atoms with Crippen molar-refractivity contribution in [1.29, 1.82) is 0 Å². The molecule has 1 saturated heterocycles. The van der Waals surface area contributed by atoms with Crippen molar-refractivity contribution in [2.45, 2.75) is 65.5 Å². The number of carbonyl (C=O) groups excluding carboxylic acids is 1. The van der Waals surface area contributed by atoms with Crippen LogP contribution in [-0.2, 0) is 17.9 Å². The first-order valence-electron chi connectivity index (χ1n) is 9.72. The lowest BCUT2D eigenvalue weighted by Crippen LogP contribution is -2.30. The average Bonchev–Trinajstić information content (AvgIpc) is 2.96. The maximum atomic E-state index is 11.7. The molecule has 3 rings (SSSR count). The Morgan fingerprint density at radius 2 is 2.00 bits per heavy atom. The Morgan fingerprint density at radius 3 is 2.72 bits per heavy atom. The predicted octanol–water partition coefficient (Wildman–Crippen LogP) is 4.17. The fourth-order valence-electron chi connectivity index (χ4n) is 3.51. The molecule has 0 bridgehead atoms. The summed E-state index contributed by atoms with van der Waals surface area (Å²) in [6, 6.07) is 6.10. The number of unbranched alkanes of at least 4 members (excludes halogenated alkanes) is 1. The molecule has 1 aliphatic rings. The summed E-state index contributed by atoms with van der Waals surface area (Å²) in [4.78, 5) is 19.1. The number of fused-ring (bicyclic) bond motifs is 1. The van der Waals surface area contributed by atoms with Gasteiger partial charge >= 0.3 is 0 Å². The van der Waals surface area contributed by atoms with E-state index in [1.54, 1.807) is 0 Å². The van der Waals surface area contributed by atoms with Crippen LogP contribution in [0.3, 0.4) is 0 Å². The van der Waals surface area contributed by atoms with Crippen molar-refractivity contribution in [3.8, 4) is 0 Å². The monoisotopic (exact) mass is 342 g/mol. The molecule has 0 spiro atoms. The standard InChI is InChI=1S/C20H30N4O/c1-3-5-13-24-18-10-9-16(21-20(25)4-2)14-17(18)22-19(24)15-23-11-7-6-8-12-23/h9-10,14H,3-8,11-13,15H2,1-2H3,(H,21,25). The average molecular weight is 342 g/mol. The normalized spacial score (nSPS) is 15.6. The van der Waals surface area contributed by atoms with Crippen LogP contribution in [0, 0.1) is 0 Å². The molecular weight excluding hydrogens is 312 g/mol. The fourth-order valence-corrected chi connectivity index (χ4v) is 3.51. The molecule has 1 aromatic heterocycles. The smallest absolute Gasteiger partial charge is 0.224 e. The third kappa shape index (κ3) is 4.40. The summed E-state index contributed by atoms with van der Waals surface area (Å²) in [5.41, 5.74) is 3.00. The highest BCUT2D eigenvalue weighted by Gasteiger charge is 2.16. The molecule has 5 heteroatoms. The van der Waals surface area contributed by atoms with Crippen molar-refractivity contribution >= 4 is 22.6 Å². The first-order valence-corrected chi connectivity index (χ1v) is 9.72. The molecule has 0 saturated carbocycles. The summed E-state index contributed by atoms with van der Waals surface area (Å²) >= 11 is 0. The molecule has 5 nitrogen and oxygen atoms in total. The Balaban J connectivity index is 1.88. The zero-order chi connectivity index (χ0) is 17.6. The summed E-state index contributed by atoms with van der Waals surface area (Å²) < 4.78 is 2.37. The predicted molar refractivity (Wildman–Crippen MR) is 103 cm³/mol. The second-order valence-electron chi connectivity index (χ2n) is 6.98. The highest BCUT2D eigenvalue weighted by atomic mass is 16.1. The van der Waals surface area contributed by atoms with E-state index >= 15 is 0 Å². The molecule has 0 atom stereocenters. The maximum absolute atomic E-state index is 11.7. The molecule has 2 heterocycles. The fraction of sp³-hybridized carbons (Fsp3) is 0.600. The summed E-state index contributed by atoms with van der Waals surface area (Å²) in [5, 5.41) is 2.94. The lowest BCUT2D eigenvalue weighted by molar-refractivity contribution is -0.115. The van der Waals surface area contributed by atoms with Crippen LogP contribution in [0.15, 0.2) is 18.2 Å². The van der Waals surface area contributed by atoms with Crippen LogP contribution in [0.2, 0.25) is 0 Å². The van der Waals surface area contributed by atoms with Crippen LogP contribution < -0.4 is 5.32 Å². The van der Waals surface area contributed by atoms with Gasteiger partial charge in [-0.2, -0.15) is 0 Å². The molecule has 136 valence electrons. The molecular formula is C20H30N4O. The van der Waals surface area contributed by atoms with Crippen molar-refractivity contribution < 1.29 is 4.79 Å². The van der Waals surface area contributed by atoms with E-state index in [0.717, 1.165) is 36.5 Å². The number of likely N-dealkylation sites (tertiary alicyclic amines) is 1. The Hall–Kier alpha value is -1.88. The second-order valence-corrected chi connectivity index (χ2v) is 6.98.